The van der Waals surface area contributed by atoms with Gasteiger partial charge in [0.1, 0.15) is 0 Å². The molecular weight excluding hydrogens is 261 g/mol. The molecule has 0 saturated carbocycles. The van der Waals surface area contributed by atoms with E-state index in [-0.39, 0.29) is 18.5 Å². The Labute approximate surface area is 119 Å². The van der Waals surface area contributed by atoms with Gasteiger partial charge in [-0.3, -0.25) is 0 Å². The summed E-state index contributed by atoms with van der Waals surface area (Å²) in [4.78, 5) is 11.4. The van der Waals surface area contributed by atoms with Crippen LogP contribution >= 0.6 is 0 Å². The monoisotopic (exact) mass is 283 g/mol. The second-order valence-corrected chi connectivity index (χ2v) is 4.73. The van der Waals surface area contributed by atoms with Crippen LogP contribution in [0.2, 0.25) is 0 Å². The van der Waals surface area contributed by atoms with E-state index in [1.54, 1.807) is 26.0 Å². The van der Waals surface area contributed by atoms with Crippen molar-refractivity contribution in [2.45, 2.75) is 39.8 Å². The van der Waals surface area contributed by atoms with E-state index >= 15 is 0 Å². The van der Waals surface area contributed by atoms with Gasteiger partial charge < -0.3 is 14.8 Å². The molecule has 20 heavy (non-hydrogen) atoms. The van der Waals surface area contributed by atoms with E-state index in [4.69, 9.17) is 9.47 Å². The zero-order valence-corrected chi connectivity index (χ0v) is 12.2. The van der Waals surface area contributed by atoms with Gasteiger partial charge in [-0.25, -0.2) is 9.18 Å². The molecule has 0 spiro atoms. The van der Waals surface area contributed by atoms with Gasteiger partial charge in [0.2, 0.25) is 0 Å². The number of hydrogen-bond acceptors (Lipinski definition) is 4. The largest absolute Gasteiger partial charge is 0.478 e. The van der Waals surface area contributed by atoms with Crippen molar-refractivity contribution in [2.75, 3.05) is 13.2 Å². The average Bonchev–Trinajstić information content (AvgIpc) is 2.37. The first-order valence-electron chi connectivity index (χ1n) is 6.85. The van der Waals surface area contributed by atoms with Gasteiger partial charge in [0.25, 0.3) is 0 Å². The van der Waals surface area contributed by atoms with Gasteiger partial charge in [0.05, 0.1) is 6.10 Å². The molecule has 4 nitrogen and oxygen atoms in total. The molecular formula is C15H22FNO3. The Balaban J connectivity index is 2.65. The Hall–Kier alpha value is -1.62. The fraction of sp³-hybridized carbons (Fsp3) is 0.533. The molecule has 0 heterocycles. The van der Waals surface area contributed by atoms with Crippen LogP contribution in [0.15, 0.2) is 18.2 Å². The standard InChI is InChI=1S/C15H22FNO3/c1-4-8-17-9-12-6-5-7-13(16)15(12)19-10-14(18)20-11(2)3/h5-7,11,17H,4,8-10H2,1-3H3. The molecule has 0 saturated heterocycles. The van der Waals surface area contributed by atoms with Gasteiger partial charge in [0.15, 0.2) is 18.2 Å². The molecule has 0 bridgehead atoms. The lowest BCUT2D eigenvalue weighted by Gasteiger charge is -2.13. The van der Waals surface area contributed by atoms with Crippen LogP contribution in [0.25, 0.3) is 0 Å². The molecule has 0 amide bonds. The van der Waals surface area contributed by atoms with Crippen molar-refractivity contribution in [1.29, 1.82) is 0 Å². The van der Waals surface area contributed by atoms with Crippen LogP contribution in [0.3, 0.4) is 0 Å². The third-order valence-electron chi connectivity index (χ3n) is 2.49. The fourth-order valence-electron chi connectivity index (χ4n) is 1.68. The summed E-state index contributed by atoms with van der Waals surface area (Å²) in [5.74, 6) is -0.870. The summed E-state index contributed by atoms with van der Waals surface area (Å²) >= 11 is 0. The van der Waals surface area contributed by atoms with Crippen molar-refractivity contribution in [3.05, 3.63) is 29.6 Å². The molecule has 0 atom stereocenters. The van der Waals surface area contributed by atoms with Gasteiger partial charge in [-0.15, -0.1) is 0 Å². The molecule has 0 aliphatic carbocycles. The van der Waals surface area contributed by atoms with E-state index < -0.39 is 11.8 Å². The first-order chi connectivity index (χ1) is 9.54. The quantitative estimate of drug-likeness (QED) is 0.588. The lowest BCUT2D eigenvalue weighted by atomic mass is 10.2. The van der Waals surface area contributed by atoms with Gasteiger partial charge >= 0.3 is 5.97 Å². The zero-order chi connectivity index (χ0) is 15.0. The second kappa shape index (κ2) is 8.53. The molecule has 0 aliphatic rings. The molecule has 1 aromatic carbocycles. The number of benzene rings is 1. The smallest absolute Gasteiger partial charge is 0.344 e. The Morgan fingerprint density at radius 3 is 2.80 bits per heavy atom. The fourth-order valence-corrected chi connectivity index (χ4v) is 1.68. The molecule has 0 unspecified atom stereocenters. The third kappa shape index (κ3) is 5.57. The molecule has 0 aliphatic heterocycles. The van der Waals surface area contributed by atoms with Crippen molar-refractivity contribution in [2.24, 2.45) is 0 Å². The van der Waals surface area contributed by atoms with Crippen LogP contribution in [-0.4, -0.2) is 25.2 Å². The zero-order valence-electron chi connectivity index (χ0n) is 12.2. The van der Waals surface area contributed by atoms with Gasteiger partial charge in [0, 0.05) is 12.1 Å². The van der Waals surface area contributed by atoms with Gasteiger partial charge in [-0.05, 0) is 32.9 Å². The Kier molecular flexibility index (Phi) is 7.01. The maximum atomic E-state index is 13.8. The van der Waals surface area contributed by atoms with Crippen molar-refractivity contribution >= 4 is 5.97 Å². The average molecular weight is 283 g/mol. The summed E-state index contributed by atoms with van der Waals surface area (Å²) in [5, 5.41) is 3.18. The van der Waals surface area contributed by atoms with E-state index in [2.05, 4.69) is 12.2 Å². The van der Waals surface area contributed by atoms with E-state index in [1.165, 1.54) is 6.07 Å². The Morgan fingerprint density at radius 2 is 2.15 bits per heavy atom. The number of rotatable bonds is 8. The van der Waals surface area contributed by atoms with E-state index in [0.717, 1.165) is 13.0 Å². The summed E-state index contributed by atoms with van der Waals surface area (Å²) < 4.78 is 24.0. The van der Waals surface area contributed by atoms with E-state index in [0.29, 0.717) is 12.1 Å². The minimum Gasteiger partial charge on any atom is -0.478 e. The van der Waals surface area contributed by atoms with Crippen molar-refractivity contribution in [3.63, 3.8) is 0 Å². The Morgan fingerprint density at radius 1 is 1.40 bits per heavy atom. The molecule has 1 aromatic rings. The highest BCUT2D eigenvalue weighted by Gasteiger charge is 2.13. The topological polar surface area (TPSA) is 47.6 Å². The number of halogens is 1. The maximum Gasteiger partial charge on any atom is 0.344 e. The summed E-state index contributed by atoms with van der Waals surface area (Å²) in [7, 11) is 0. The minimum absolute atomic E-state index is 0.108. The molecule has 112 valence electrons. The second-order valence-electron chi connectivity index (χ2n) is 4.73. The number of ether oxygens (including phenoxy) is 2. The SMILES string of the molecule is CCCNCc1cccc(F)c1OCC(=O)OC(C)C. The molecule has 0 aromatic heterocycles. The van der Waals surface area contributed by atoms with Crippen LogP contribution in [0.4, 0.5) is 4.39 Å². The summed E-state index contributed by atoms with van der Waals surface area (Å²) in [6.45, 7) is 6.60. The van der Waals surface area contributed by atoms with Crippen molar-refractivity contribution in [1.82, 2.24) is 5.32 Å². The highest BCUT2D eigenvalue weighted by atomic mass is 19.1. The predicted octanol–water partition coefficient (Wildman–Crippen LogP) is 2.66. The van der Waals surface area contributed by atoms with Crippen molar-refractivity contribution in [3.8, 4) is 5.75 Å². The van der Waals surface area contributed by atoms with E-state index in [1.807, 2.05) is 0 Å². The third-order valence-corrected chi connectivity index (χ3v) is 2.49. The summed E-state index contributed by atoms with van der Waals surface area (Å²) in [6, 6.07) is 4.71. The molecule has 0 radical (unpaired) electrons. The number of esters is 1. The van der Waals surface area contributed by atoms with E-state index in [9.17, 15) is 9.18 Å². The normalized spacial score (nSPS) is 10.7. The highest BCUT2D eigenvalue weighted by Crippen LogP contribution is 2.22. The summed E-state index contributed by atoms with van der Waals surface area (Å²) in [5.41, 5.74) is 0.691. The lowest BCUT2D eigenvalue weighted by Crippen LogP contribution is -2.20. The number of nitrogens with one attached hydrogen (secondary N) is 1. The molecule has 0 fully saturated rings. The number of para-hydroxylation sites is 1. The number of carbonyl (C=O) groups excluding carboxylic acids is 1. The highest BCUT2D eigenvalue weighted by molar-refractivity contribution is 5.71. The molecule has 1 rings (SSSR count). The van der Waals surface area contributed by atoms with Crippen molar-refractivity contribution < 1.29 is 18.7 Å². The first kappa shape index (κ1) is 16.4. The first-order valence-corrected chi connectivity index (χ1v) is 6.85. The maximum absolute atomic E-state index is 13.8. The predicted molar refractivity (Wildman–Crippen MR) is 75.1 cm³/mol. The summed E-state index contributed by atoms with van der Waals surface area (Å²) in [6.07, 6.45) is 0.782. The van der Waals surface area contributed by atoms with Crippen LogP contribution in [0, 0.1) is 5.82 Å². The van der Waals surface area contributed by atoms with Crippen LogP contribution in [0.5, 0.6) is 5.75 Å². The van der Waals surface area contributed by atoms with Crippen LogP contribution in [0.1, 0.15) is 32.8 Å². The lowest BCUT2D eigenvalue weighted by molar-refractivity contribution is -0.149. The minimum atomic E-state index is -0.504. The molecule has 5 heteroatoms. The van der Waals surface area contributed by atoms with Gasteiger partial charge in [-0.2, -0.15) is 0 Å². The van der Waals surface area contributed by atoms with Crippen LogP contribution in [-0.2, 0) is 16.1 Å². The molecule has 1 N–H and O–H groups in total. The Bertz CT molecular complexity index is 435. The van der Waals surface area contributed by atoms with Crippen LogP contribution < -0.4 is 10.1 Å². The van der Waals surface area contributed by atoms with Gasteiger partial charge in [-0.1, -0.05) is 19.1 Å². The number of hydrogen-bond donors (Lipinski definition) is 1. The number of carbonyl (C=O) groups is 1.